The van der Waals surface area contributed by atoms with Crippen LogP contribution in [-0.4, -0.2) is 40.2 Å². The van der Waals surface area contributed by atoms with Gasteiger partial charge in [0.05, 0.1) is 17.1 Å². The van der Waals surface area contributed by atoms with Gasteiger partial charge >= 0.3 is 0 Å². The van der Waals surface area contributed by atoms with Crippen molar-refractivity contribution in [3.63, 3.8) is 0 Å². The summed E-state index contributed by atoms with van der Waals surface area (Å²) in [5.74, 6) is 0.336. The molecule has 0 saturated carbocycles. The quantitative estimate of drug-likeness (QED) is 0.649. The van der Waals surface area contributed by atoms with Crippen molar-refractivity contribution in [3.8, 4) is 0 Å². The Morgan fingerprint density at radius 3 is 2.62 bits per heavy atom. The third-order valence-electron chi connectivity index (χ3n) is 2.76. The Bertz CT molecular complexity index is 188. The van der Waals surface area contributed by atoms with Crippen molar-refractivity contribution in [1.29, 1.82) is 0 Å². The van der Waals surface area contributed by atoms with E-state index in [1.807, 2.05) is 0 Å². The first-order valence-electron chi connectivity index (χ1n) is 4.77. The van der Waals surface area contributed by atoms with Crippen LogP contribution in [0.1, 0.15) is 20.3 Å². The molecule has 1 fully saturated rings. The molecule has 0 aliphatic carbocycles. The Balaban J connectivity index is 2.57. The third kappa shape index (κ3) is 2.39. The van der Waals surface area contributed by atoms with Gasteiger partial charge < -0.3 is 10.8 Å². The molecule has 1 aliphatic heterocycles. The van der Waals surface area contributed by atoms with Crippen molar-refractivity contribution in [1.82, 2.24) is 4.90 Å². The topological polar surface area (TPSA) is 49.5 Å². The van der Waals surface area contributed by atoms with Crippen LogP contribution in [0.15, 0.2) is 0 Å². The van der Waals surface area contributed by atoms with Gasteiger partial charge in [0.2, 0.25) is 0 Å². The van der Waals surface area contributed by atoms with Gasteiger partial charge in [-0.25, -0.2) is 0 Å². The van der Waals surface area contributed by atoms with Crippen LogP contribution in [-0.2, 0) is 0 Å². The number of nitrogens with two attached hydrogens (primary N) is 1. The highest BCUT2D eigenvalue weighted by atomic mass is 32.1. The van der Waals surface area contributed by atoms with Crippen molar-refractivity contribution >= 4 is 17.2 Å². The fourth-order valence-electron chi connectivity index (χ4n) is 1.88. The lowest BCUT2D eigenvalue weighted by atomic mass is 10.1. The van der Waals surface area contributed by atoms with E-state index in [0.717, 1.165) is 13.0 Å². The number of thiocarbonyl (C=S) groups is 1. The minimum atomic E-state index is -0.219. The predicted molar refractivity (Wildman–Crippen MR) is 57.6 cm³/mol. The first kappa shape index (κ1) is 10.9. The summed E-state index contributed by atoms with van der Waals surface area (Å²) < 4.78 is 0. The summed E-state index contributed by atoms with van der Waals surface area (Å²) in [6, 6.07) is 0.162. The molecule has 0 aromatic carbocycles. The smallest absolute Gasteiger partial charge is 0.0901 e. The molecule has 3 nitrogen and oxygen atoms in total. The molecule has 0 aromatic heterocycles. The van der Waals surface area contributed by atoms with Gasteiger partial charge in [0.1, 0.15) is 0 Å². The summed E-state index contributed by atoms with van der Waals surface area (Å²) in [6.45, 7) is 5.73. The largest absolute Gasteiger partial charge is 0.392 e. The lowest BCUT2D eigenvalue weighted by molar-refractivity contribution is 0.146. The molecule has 1 heterocycles. The summed E-state index contributed by atoms with van der Waals surface area (Å²) in [4.78, 5) is 2.72. The first-order chi connectivity index (χ1) is 6.06. The number of nitrogens with zero attached hydrogens (tertiary/aromatic N) is 1. The summed E-state index contributed by atoms with van der Waals surface area (Å²) in [6.07, 6.45) is 0.706. The van der Waals surface area contributed by atoms with Gasteiger partial charge in [-0.3, -0.25) is 4.90 Å². The van der Waals surface area contributed by atoms with E-state index in [1.165, 1.54) is 0 Å². The highest BCUT2D eigenvalue weighted by Gasteiger charge is 2.32. The molecule has 76 valence electrons. The number of aliphatic hydroxyl groups is 1. The highest BCUT2D eigenvalue weighted by molar-refractivity contribution is 7.80. The zero-order valence-corrected chi connectivity index (χ0v) is 9.05. The van der Waals surface area contributed by atoms with Crippen LogP contribution < -0.4 is 5.73 Å². The molecule has 0 aromatic rings. The molecular formula is C9H18N2OS. The second kappa shape index (κ2) is 4.35. The second-order valence-electron chi connectivity index (χ2n) is 3.82. The standard InChI is InChI=1S/C9H18N2OS/c1-3-7(9(10)13)11-4-6(2)8(12)5-11/h6-8,12H,3-5H2,1-2H3,(H2,10,13). The Morgan fingerprint density at radius 1 is 1.69 bits per heavy atom. The molecule has 3 atom stereocenters. The van der Waals surface area contributed by atoms with E-state index in [2.05, 4.69) is 18.7 Å². The van der Waals surface area contributed by atoms with Crippen molar-refractivity contribution in [2.45, 2.75) is 32.4 Å². The molecule has 0 radical (unpaired) electrons. The van der Waals surface area contributed by atoms with Gasteiger partial charge in [0, 0.05) is 13.1 Å². The fraction of sp³-hybridized carbons (Fsp3) is 0.889. The summed E-state index contributed by atoms with van der Waals surface area (Å²) in [5.41, 5.74) is 5.63. The monoisotopic (exact) mass is 202 g/mol. The van der Waals surface area contributed by atoms with Crippen LogP contribution in [0, 0.1) is 5.92 Å². The average Bonchev–Trinajstić information content (AvgIpc) is 2.32. The van der Waals surface area contributed by atoms with Crippen molar-refractivity contribution in [2.75, 3.05) is 13.1 Å². The van der Waals surface area contributed by atoms with E-state index >= 15 is 0 Å². The van der Waals surface area contributed by atoms with Crippen molar-refractivity contribution < 1.29 is 5.11 Å². The number of β-amino-alcohol motifs (C(OH)–C–C–N with tert-alkyl or cyclic N) is 1. The fourth-order valence-corrected chi connectivity index (χ4v) is 2.20. The first-order valence-corrected chi connectivity index (χ1v) is 5.18. The van der Waals surface area contributed by atoms with Gasteiger partial charge in [-0.2, -0.15) is 0 Å². The highest BCUT2D eigenvalue weighted by Crippen LogP contribution is 2.19. The lowest BCUT2D eigenvalue weighted by Gasteiger charge is -2.25. The van der Waals surface area contributed by atoms with E-state index < -0.39 is 0 Å². The van der Waals surface area contributed by atoms with Gasteiger partial charge in [-0.15, -0.1) is 0 Å². The number of aliphatic hydroxyl groups excluding tert-OH is 1. The van der Waals surface area contributed by atoms with E-state index in [-0.39, 0.29) is 12.1 Å². The van der Waals surface area contributed by atoms with Crippen LogP contribution in [0.5, 0.6) is 0 Å². The minimum absolute atomic E-state index is 0.162. The van der Waals surface area contributed by atoms with Crippen LogP contribution in [0.3, 0.4) is 0 Å². The van der Waals surface area contributed by atoms with Crippen molar-refractivity contribution in [3.05, 3.63) is 0 Å². The Kier molecular flexibility index (Phi) is 3.64. The van der Waals surface area contributed by atoms with Gasteiger partial charge in [-0.05, 0) is 12.3 Å². The summed E-state index contributed by atoms with van der Waals surface area (Å²) >= 11 is 4.98. The van der Waals surface area contributed by atoms with E-state index in [9.17, 15) is 5.11 Å². The van der Waals surface area contributed by atoms with Crippen LogP contribution in [0.25, 0.3) is 0 Å². The average molecular weight is 202 g/mol. The number of rotatable bonds is 3. The lowest BCUT2D eigenvalue weighted by Crippen LogP contribution is -2.42. The molecule has 3 unspecified atom stereocenters. The maximum absolute atomic E-state index is 9.57. The van der Waals surface area contributed by atoms with Crippen molar-refractivity contribution in [2.24, 2.45) is 11.7 Å². The zero-order valence-electron chi connectivity index (χ0n) is 8.23. The molecular weight excluding hydrogens is 184 g/mol. The third-order valence-corrected chi connectivity index (χ3v) is 3.03. The molecule has 0 amide bonds. The molecule has 13 heavy (non-hydrogen) atoms. The number of hydrogen-bond donors (Lipinski definition) is 2. The Morgan fingerprint density at radius 2 is 2.31 bits per heavy atom. The van der Waals surface area contributed by atoms with Crippen LogP contribution in [0.2, 0.25) is 0 Å². The molecule has 0 spiro atoms. The maximum Gasteiger partial charge on any atom is 0.0901 e. The van der Waals surface area contributed by atoms with Gasteiger partial charge in [0.25, 0.3) is 0 Å². The van der Waals surface area contributed by atoms with E-state index in [4.69, 9.17) is 18.0 Å². The molecule has 0 bridgehead atoms. The molecule has 4 heteroatoms. The Hall–Kier alpha value is -0.190. The number of likely N-dealkylation sites (tertiary alicyclic amines) is 1. The maximum atomic E-state index is 9.57. The SMILES string of the molecule is CCC(C(N)=S)N1CC(C)C(O)C1. The predicted octanol–water partition coefficient (Wildman–Crippen LogP) is 0.364. The van der Waals surface area contributed by atoms with E-state index in [1.54, 1.807) is 0 Å². The molecule has 1 rings (SSSR count). The minimum Gasteiger partial charge on any atom is -0.392 e. The second-order valence-corrected chi connectivity index (χ2v) is 4.30. The van der Waals surface area contributed by atoms with Crippen LogP contribution >= 0.6 is 12.2 Å². The normalized spacial score (nSPS) is 31.9. The Labute approximate surface area is 84.9 Å². The molecule has 1 saturated heterocycles. The summed E-state index contributed by atoms with van der Waals surface area (Å²) in [5, 5.41) is 9.57. The van der Waals surface area contributed by atoms with Crippen LogP contribution in [0.4, 0.5) is 0 Å². The molecule has 1 aliphatic rings. The van der Waals surface area contributed by atoms with Gasteiger partial charge in [0.15, 0.2) is 0 Å². The van der Waals surface area contributed by atoms with E-state index in [0.29, 0.717) is 17.5 Å². The van der Waals surface area contributed by atoms with Gasteiger partial charge in [-0.1, -0.05) is 26.1 Å². The molecule has 3 N–H and O–H groups in total. The number of hydrogen-bond acceptors (Lipinski definition) is 3. The zero-order chi connectivity index (χ0) is 10.0. The summed E-state index contributed by atoms with van der Waals surface area (Å²) in [7, 11) is 0.